The molecular weight excluding hydrogens is 298 g/mol. The fraction of sp³-hybridized carbons (Fsp3) is 0.714. The highest BCUT2D eigenvalue weighted by atomic mass is 16.5. The lowest BCUT2D eigenvalue weighted by molar-refractivity contribution is -0.110. The minimum absolute atomic E-state index is 0.234. The number of fused-ring (bicyclic) bond motifs is 2. The zero-order valence-corrected chi connectivity index (χ0v) is 15.6. The number of aliphatic hydroxyl groups excluding tert-OH is 1. The molecule has 24 heavy (non-hydrogen) atoms. The van der Waals surface area contributed by atoms with Crippen LogP contribution in [0.15, 0.2) is 30.3 Å². The van der Waals surface area contributed by atoms with Crippen molar-refractivity contribution in [2.45, 2.75) is 65.2 Å². The Balaban J connectivity index is 1.47. The van der Waals surface area contributed by atoms with Gasteiger partial charge in [-0.15, -0.1) is 0 Å². The third-order valence-electron chi connectivity index (χ3n) is 6.55. The summed E-state index contributed by atoms with van der Waals surface area (Å²) >= 11 is 0. The predicted molar refractivity (Wildman–Crippen MR) is 97.8 cm³/mol. The van der Waals surface area contributed by atoms with Gasteiger partial charge < -0.3 is 15.2 Å². The standard InChI is InChI=1S/C21H33NO2/c1-15(16-8-6-5-7-9-16)22-13-18(23)14-24-19-20(2,3)17-10-11-21(19,4)12-17/h5-9,15,17-19,22-23H,10-14H2,1-4H3/t15-,17-,18-,19-,21-/m0/s1. The second kappa shape index (κ2) is 6.78. The quantitative estimate of drug-likeness (QED) is 0.795. The highest BCUT2D eigenvalue weighted by molar-refractivity contribution is 5.18. The van der Waals surface area contributed by atoms with E-state index in [1.165, 1.54) is 24.8 Å². The molecule has 0 amide bonds. The van der Waals surface area contributed by atoms with Gasteiger partial charge in [0.15, 0.2) is 0 Å². The molecule has 2 N–H and O–H groups in total. The van der Waals surface area contributed by atoms with Crippen LogP contribution in [0.1, 0.15) is 58.6 Å². The Labute approximate surface area is 146 Å². The Bertz CT molecular complexity index is 539. The van der Waals surface area contributed by atoms with E-state index in [0.29, 0.717) is 18.6 Å². The lowest BCUT2D eigenvalue weighted by Crippen LogP contribution is -2.44. The van der Waals surface area contributed by atoms with E-state index in [4.69, 9.17) is 4.74 Å². The minimum atomic E-state index is -0.463. The van der Waals surface area contributed by atoms with Crippen LogP contribution in [-0.4, -0.2) is 30.5 Å². The van der Waals surface area contributed by atoms with Gasteiger partial charge in [-0.3, -0.25) is 0 Å². The minimum Gasteiger partial charge on any atom is -0.389 e. The van der Waals surface area contributed by atoms with E-state index >= 15 is 0 Å². The number of hydrogen-bond acceptors (Lipinski definition) is 3. The fourth-order valence-corrected chi connectivity index (χ4v) is 5.11. The summed E-state index contributed by atoms with van der Waals surface area (Å²) in [5.74, 6) is 0.779. The molecule has 2 fully saturated rings. The SMILES string of the molecule is C[C@H](NC[C@H](O)CO[C@H]1C(C)(C)[C@H]2CC[C@@]1(C)C2)c1ccccc1. The molecule has 5 atom stereocenters. The third kappa shape index (κ3) is 3.40. The van der Waals surface area contributed by atoms with Gasteiger partial charge in [0.2, 0.25) is 0 Å². The van der Waals surface area contributed by atoms with Crippen LogP contribution in [0.4, 0.5) is 0 Å². The van der Waals surface area contributed by atoms with Crippen LogP contribution in [0.25, 0.3) is 0 Å². The number of benzene rings is 1. The molecule has 3 nitrogen and oxygen atoms in total. The van der Waals surface area contributed by atoms with Crippen LogP contribution in [0.3, 0.4) is 0 Å². The molecule has 0 heterocycles. The maximum absolute atomic E-state index is 10.3. The van der Waals surface area contributed by atoms with Gasteiger partial charge in [0, 0.05) is 12.6 Å². The molecular formula is C21H33NO2. The Morgan fingerprint density at radius 2 is 1.96 bits per heavy atom. The zero-order valence-electron chi connectivity index (χ0n) is 15.6. The van der Waals surface area contributed by atoms with Crippen molar-refractivity contribution in [3.63, 3.8) is 0 Å². The molecule has 0 aromatic heterocycles. The van der Waals surface area contributed by atoms with Crippen LogP contribution < -0.4 is 5.32 Å². The summed E-state index contributed by atoms with van der Waals surface area (Å²) in [6, 6.07) is 10.6. The summed E-state index contributed by atoms with van der Waals surface area (Å²) in [4.78, 5) is 0. The lowest BCUT2D eigenvalue weighted by atomic mass is 9.70. The molecule has 1 aromatic carbocycles. The molecule has 0 radical (unpaired) electrons. The maximum atomic E-state index is 10.3. The number of ether oxygens (including phenoxy) is 1. The van der Waals surface area contributed by atoms with E-state index in [1.807, 2.05) is 18.2 Å². The topological polar surface area (TPSA) is 41.5 Å². The molecule has 0 unspecified atom stereocenters. The zero-order chi connectivity index (χ0) is 17.4. The molecule has 2 aliphatic carbocycles. The molecule has 134 valence electrons. The Hall–Kier alpha value is -0.900. The van der Waals surface area contributed by atoms with Gasteiger partial charge in [-0.1, -0.05) is 51.1 Å². The fourth-order valence-electron chi connectivity index (χ4n) is 5.11. The van der Waals surface area contributed by atoms with Crippen molar-refractivity contribution in [2.24, 2.45) is 16.7 Å². The second-order valence-corrected chi connectivity index (χ2v) is 8.82. The van der Waals surface area contributed by atoms with Crippen molar-refractivity contribution in [1.29, 1.82) is 0 Å². The average molecular weight is 332 g/mol. The summed E-state index contributed by atoms with van der Waals surface area (Å²) in [5.41, 5.74) is 1.78. The largest absolute Gasteiger partial charge is 0.389 e. The summed E-state index contributed by atoms with van der Waals surface area (Å²) in [5, 5.41) is 13.8. The monoisotopic (exact) mass is 331 g/mol. The van der Waals surface area contributed by atoms with E-state index in [-0.39, 0.29) is 17.6 Å². The third-order valence-corrected chi connectivity index (χ3v) is 6.55. The molecule has 0 saturated heterocycles. The Morgan fingerprint density at radius 3 is 2.58 bits per heavy atom. The number of hydrogen-bond donors (Lipinski definition) is 2. The van der Waals surface area contributed by atoms with Crippen LogP contribution in [0.2, 0.25) is 0 Å². The first-order valence-corrected chi connectivity index (χ1v) is 9.41. The van der Waals surface area contributed by atoms with Gasteiger partial charge in [-0.25, -0.2) is 0 Å². The number of rotatable bonds is 7. The number of nitrogens with one attached hydrogen (secondary N) is 1. The van der Waals surface area contributed by atoms with Crippen molar-refractivity contribution in [3.05, 3.63) is 35.9 Å². The molecule has 3 rings (SSSR count). The van der Waals surface area contributed by atoms with Gasteiger partial charge in [-0.05, 0) is 48.5 Å². The van der Waals surface area contributed by atoms with E-state index in [1.54, 1.807) is 0 Å². The number of aliphatic hydroxyl groups is 1. The van der Waals surface area contributed by atoms with Crippen molar-refractivity contribution in [3.8, 4) is 0 Å². The van der Waals surface area contributed by atoms with Gasteiger partial charge >= 0.3 is 0 Å². The lowest BCUT2D eigenvalue weighted by Gasteiger charge is -2.42. The van der Waals surface area contributed by atoms with Crippen LogP contribution in [-0.2, 0) is 4.74 Å². The van der Waals surface area contributed by atoms with Crippen molar-refractivity contribution in [1.82, 2.24) is 5.32 Å². The van der Waals surface area contributed by atoms with Crippen molar-refractivity contribution >= 4 is 0 Å². The van der Waals surface area contributed by atoms with Gasteiger partial charge in [0.05, 0.1) is 18.8 Å². The summed E-state index contributed by atoms with van der Waals surface area (Å²) in [6.45, 7) is 10.2. The van der Waals surface area contributed by atoms with Gasteiger partial charge in [-0.2, -0.15) is 0 Å². The highest BCUT2D eigenvalue weighted by Gasteiger charge is 2.60. The second-order valence-electron chi connectivity index (χ2n) is 8.82. The van der Waals surface area contributed by atoms with E-state index < -0.39 is 6.10 Å². The Morgan fingerprint density at radius 1 is 1.25 bits per heavy atom. The van der Waals surface area contributed by atoms with Gasteiger partial charge in [0.25, 0.3) is 0 Å². The summed E-state index contributed by atoms with van der Waals surface area (Å²) in [6.07, 6.45) is 3.69. The van der Waals surface area contributed by atoms with Crippen LogP contribution in [0.5, 0.6) is 0 Å². The first-order valence-electron chi connectivity index (χ1n) is 9.41. The smallest absolute Gasteiger partial charge is 0.0898 e. The maximum Gasteiger partial charge on any atom is 0.0898 e. The predicted octanol–water partition coefficient (Wildman–Crippen LogP) is 3.93. The molecule has 0 aliphatic heterocycles. The van der Waals surface area contributed by atoms with Crippen LogP contribution >= 0.6 is 0 Å². The normalized spacial score (nSPS) is 33.5. The van der Waals surface area contributed by atoms with E-state index in [0.717, 1.165) is 5.92 Å². The first-order chi connectivity index (χ1) is 11.3. The molecule has 0 spiro atoms. The van der Waals surface area contributed by atoms with Crippen molar-refractivity contribution in [2.75, 3.05) is 13.2 Å². The summed E-state index contributed by atoms with van der Waals surface area (Å²) < 4.78 is 6.26. The first kappa shape index (κ1) is 17.9. The van der Waals surface area contributed by atoms with Gasteiger partial charge in [0.1, 0.15) is 0 Å². The summed E-state index contributed by atoms with van der Waals surface area (Å²) in [7, 11) is 0. The highest BCUT2D eigenvalue weighted by Crippen LogP contribution is 2.63. The molecule has 2 saturated carbocycles. The molecule has 2 aliphatic rings. The van der Waals surface area contributed by atoms with E-state index in [2.05, 4.69) is 45.1 Å². The molecule has 3 heteroatoms. The van der Waals surface area contributed by atoms with Crippen molar-refractivity contribution < 1.29 is 9.84 Å². The molecule has 2 bridgehead atoms. The average Bonchev–Trinajstić information content (AvgIpc) is 3.04. The van der Waals surface area contributed by atoms with E-state index in [9.17, 15) is 5.11 Å². The molecule has 1 aromatic rings. The van der Waals surface area contributed by atoms with Crippen LogP contribution in [0, 0.1) is 16.7 Å². The Kier molecular flexibility index (Phi) is 5.06.